The molecule has 8 heteroatoms. The van der Waals surface area contributed by atoms with Crippen LogP contribution in [0.25, 0.3) is 0 Å². The van der Waals surface area contributed by atoms with Crippen molar-refractivity contribution in [3.8, 4) is 0 Å². The Hall–Kier alpha value is -3.16. The summed E-state index contributed by atoms with van der Waals surface area (Å²) in [6, 6.07) is 6.76. The molecule has 0 bridgehead atoms. The molecule has 0 atom stereocenters. The molecule has 0 saturated carbocycles. The highest BCUT2D eigenvalue weighted by molar-refractivity contribution is 5.94. The molecule has 2 aliphatic heterocycles. The summed E-state index contributed by atoms with van der Waals surface area (Å²) in [5.74, 6) is -1.06. The van der Waals surface area contributed by atoms with Crippen LogP contribution >= 0.6 is 0 Å². The van der Waals surface area contributed by atoms with Crippen LogP contribution in [-0.2, 0) is 11.3 Å². The van der Waals surface area contributed by atoms with Crippen LogP contribution < -0.4 is 0 Å². The molecular formula is C19H20N4O4. The summed E-state index contributed by atoms with van der Waals surface area (Å²) in [5, 5.41) is 13.5. The number of carboxylic acids is 1. The van der Waals surface area contributed by atoms with Gasteiger partial charge in [-0.15, -0.1) is 0 Å². The third-order valence-electron chi connectivity index (χ3n) is 5.41. The molecule has 0 unspecified atom stereocenters. The average Bonchev–Trinajstić information content (AvgIpc) is 3.27. The van der Waals surface area contributed by atoms with E-state index in [2.05, 4.69) is 5.10 Å². The highest BCUT2D eigenvalue weighted by Gasteiger charge is 2.48. The van der Waals surface area contributed by atoms with E-state index >= 15 is 0 Å². The molecule has 4 rings (SSSR count). The van der Waals surface area contributed by atoms with Crippen molar-refractivity contribution in [3.05, 3.63) is 53.3 Å². The Kier molecular flexibility index (Phi) is 4.18. The zero-order valence-electron chi connectivity index (χ0n) is 14.7. The zero-order chi connectivity index (χ0) is 19.0. The lowest BCUT2D eigenvalue weighted by Crippen LogP contribution is -2.56. The molecule has 27 heavy (non-hydrogen) atoms. The van der Waals surface area contributed by atoms with Crippen molar-refractivity contribution in [2.75, 3.05) is 26.2 Å². The Morgan fingerprint density at radius 1 is 1.22 bits per heavy atom. The van der Waals surface area contributed by atoms with Crippen LogP contribution in [0.1, 0.15) is 32.7 Å². The molecule has 1 aromatic carbocycles. The van der Waals surface area contributed by atoms with E-state index < -0.39 is 5.97 Å². The molecule has 2 amide bonds. The Labute approximate surface area is 156 Å². The number of aromatic carboxylic acids is 1. The van der Waals surface area contributed by atoms with Crippen LogP contribution in [0.3, 0.4) is 0 Å². The zero-order valence-corrected chi connectivity index (χ0v) is 14.7. The maximum absolute atomic E-state index is 12.8. The van der Waals surface area contributed by atoms with Crippen LogP contribution in [0, 0.1) is 5.41 Å². The first-order valence-corrected chi connectivity index (χ1v) is 8.82. The van der Waals surface area contributed by atoms with Gasteiger partial charge in [-0.25, -0.2) is 4.79 Å². The number of amides is 2. The fourth-order valence-corrected chi connectivity index (χ4v) is 4.04. The Bertz CT molecular complexity index is 901. The summed E-state index contributed by atoms with van der Waals surface area (Å²) < 4.78 is 1.58. The largest absolute Gasteiger partial charge is 0.478 e. The third-order valence-corrected chi connectivity index (χ3v) is 5.41. The van der Waals surface area contributed by atoms with Gasteiger partial charge in [0.1, 0.15) is 0 Å². The van der Waals surface area contributed by atoms with Gasteiger partial charge >= 0.3 is 5.97 Å². The van der Waals surface area contributed by atoms with Crippen molar-refractivity contribution in [2.24, 2.45) is 5.41 Å². The van der Waals surface area contributed by atoms with E-state index in [-0.39, 0.29) is 23.4 Å². The standard InChI is InChI=1S/C19H20N4O4/c24-13-21-10-19(11-21)5-6-22(12-19)17(25)15-7-20-23(9-15)8-14-3-1-2-4-16(14)18(26)27/h1-4,7,9,13H,5-6,8,10-12H2,(H,26,27). The van der Waals surface area contributed by atoms with Crippen LogP contribution in [0.4, 0.5) is 0 Å². The van der Waals surface area contributed by atoms with E-state index in [1.54, 1.807) is 40.0 Å². The maximum atomic E-state index is 12.8. The molecule has 2 aliphatic rings. The molecule has 0 radical (unpaired) electrons. The first-order valence-electron chi connectivity index (χ1n) is 8.82. The van der Waals surface area contributed by atoms with Crippen molar-refractivity contribution < 1.29 is 19.5 Å². The van der Waals surface area contributed by atoms with Gasteiger partial charge in [-0.3, -0.25) is 14.3 Å². The minimum absolute atomic E-state index is 0.0486. The van der Waals surface area contributed by atoms with Crippen molar-refractivity contribution in [1.29, 1.82) is 0 Å². The quantitative estimate of drug-likeness (QED) is 0.793. The van der Waals surface area contributed by atoms with E-state index in [1.165, 1.54) is 6.20 Å². The molecule has 2 aromatic rings. The number of carbonyl (C=O) groups is 3. The molecule has 1 spiro atoms. The monoisotopic (exact) mass is 368 g/mol. The number of aromatic nitrogens is 2. The number of hydrogen-bond donors (Lipinski definition) is 1. The normalized spacial score (nSPS) is 17.8. The summed E-state index contributed by atoms with van der Waals surface area (Å²) in [7, 11) is 0. The summed E-state index contributed by atoms with van der Waals surface area (Å²) >= 11 is 0. The van der Waals surface area contributed by atoms with Crippen LogP contribution in [0.5, 0.6) is 0 Å². The first-order chi connectivity index (χ1) is 13.0. The van der Waals surface area contributed by atoms with E-state index in [9.17, 15) is 19.5 Å². The fraction of sp³-hybridized carbons (Fsp3) is 0.368. The van der Waals surface area contributed by atoms with Gasteiger partial charge < -0.3 is 14.9 Å². The van der Waals surface area contributed by atoms with E-state index in [0.29, 0.717) is 37.3 Å². The van der Waals surface area contributed by atoms with Gasteiger partial charge in [-0.2, -0.15) is 5.10 Å². The Morgan fingerprint density at radius 2 is 2.00 bits per heavy atom. The number of likely N-dealkylation sites (tertiary alicyclic amines) is 2. The molecule has 0 aliphatic carbocycles. The fourth-order valence-electron chi connectivity index (χ4n) is 4.04. The summed E-state index contributed by atoms with van der Waals surface area (Å²) in [5.41, 5.74) is 1.40. The molecule has 8 nitrogen and oxygen atoms in total. The molecule has 2 fully saturated rings. The van der Waals surface area contributed by atoms with Crippen LogP contribution in [0.15, 0.2) is 36.7 Å². The third kappa shape index (κ3) is 3.18. The van der Waals surface area contributed by atoms with Gasteiger partial charge in [0.2, 0.25) is 6.41 Å². The summed E-state index contributed by atoms with van der Waals surface area (Å²) in [6.07, 6.45) is 4.94. The summed E-state index contributed by atoms with van der Waals surface area (Å²) in [4.78, 5) is 38.4. The molecule has 1 aromatic heterocycles. The molecule has 3 heterocycles. The number of benzene rings is 1. The molecule has 2 saturated heterocycles. The second-order valence-electron chi connectivity index (χ2n) is 7.38. The van der Waals surface area contributed by atoms with Gasteiger partial charge in [-0.05, 0) is 18.1 Å². The highest BCUT2D eigenvalue weighted by Crippen LogP contribution is 2.39. The number of rotatable bonds is 5. The number of nitrogens with zero attached hydrogens (tertiary/aromatic N) is 4. The highest BCUT2D eigenvalue weighted by atomic mass is 16.4. The van der Waals surface area contributed by atoms with Gasteiger partial charge in [0.25, 0.3) is 5.91 Å². The number of hydrogen-bond acceptors (Lipinski definition) is 4. The second kappa shape index (κ2) is 6.53. The Balaban J connectivity index is 1.43. The predicted molar refractivity (Wildman–Crippen MR) is 95.3 cm³/mol. The van der Waals surface area contributed by atoms with E-state index in [4.69, 9.17) is 0 Å². The van der Waals surface area contributed by atoms with E-state index in [0.717, 1.165) is 12.8 Å². The molecule has 1 N–H and O–H groups in total. The van der Waals surface area contributed by atoms with Gasteiger partial charge in [0, 0.05) is 37.8 Å². The van der Waals surface area contributed by atoms with E-state index in [1.807, 2.05) is 4.90 Å². The average molecular weight is 368 g/mol. The predicted octanol–water partition coefficient (Wildman–Crippen LogP) is 0.934. The Morgan fingerprint density at radius 3 is 2.74 bits per heavy atom. The first kappa shape index (κ1) is 17.3. The minimum Gasteiger partial charge on any atom is -0.478 e. The van der Waals surface area contributed by atoms with Gasteiger partial charge in [-0.1, -0.05) is 18.2 Å². The minimum atomic E-state index is -0.985. The van der Waals surface area contributed by atoms with Crippen molar-refractivity contribution >= 4 is 18.3 Å². The second-order valence-corrected chi connectivity index (χ2v) is 7.38. The van der Waals surface area contributed by atoms with Crippen LogP contribution in [-0.4, -0.2) is 69.2 Å². The van der Waals surface area contributed by atoms with Crippen molar-refractivity contribution in [2.45, 2.75) is 13.0 Å². The molecule has 140 valence electrons. The number of carbonyl (C=O) groups excluding carboxylic acids is 2. The number of carboxylic acid groups (broad SMARTS) is 1. The smallest absolute Gasteiger partial charge is 0.336 e. The maximum Gasteiger partial charge on any atom is 0.336 e. The van der Waals surface area contributed by atoms with Crippen molar-refractivity contribution in [1.82, 2.24) is 19.6 Å². The van der Waals surface area contributed by atoms with Gasteiger partial charge in [0.05, 0.1) is 23.9 Å². The lowest BCUT2D eigenvalue weighted by molar-refractivity contribution is -0.128. The lowest BCUT2D eigenvalue weighted by Gasteiger charge is -2.45. The summed E-state index contributed by atoms with van der Waals surface area (Å²) in [6.45, 7) is 3.05. The van der Waals surface area contributed by atoms with Crippen LogP contribution in [0.2, 0.25) is 0 Å². The van der Waals surface area contributed by atoms with Gasteiger partial charge in [0.15, 0.2) is 0 Å². The lowest BCUT2D eigenvalue weighted by atomic mass is 9.79. The molecular weight excluding hydrogens is 348 g/mol. The SMILES string of the molecule is O=CN1CC2(CCN(C(=O)c3cnn(Cc4ccccc4C(=O)O)c3)C2)C1. The van der Waals surface area contributed by atoms with Crippen molar-refractivity contribution in [3.63, 3.8) is 0 Å². The topological polar surface area (TPSA) is 95.7 Å².